The Morgan fingerprint density at radius 3 is 1.78 bits per heavy atom. The first kappa shape index (κ1) is 15.9. The van der Waals surface area contributed by atoms with Crippen molar-refractivity contribution in [2.24, 2.45) is 5.41 Å². The van der Waals surface area contributed by atoms with Gasteiger partial charge in [-0.15, -0.1) is 0 Å². The molecule has 1 aliphatic rings. The first-order valence-electron chi connectivity index (χ1n) is 7.45. The van der Waals surface area contributed by atoms with E-state index in [1.807, 2.05) is 0 Å². The minimum absolute atomic E-state index is 0.115. The van der Waals surface area contributed by atoms with Crippen molar-refractivity contribution < 1.29 is 5.11 Å². The Kier molecular flexibility index (Phi) is 5.63. The molecule has 0 aromatic carbocycles. The monoisotopic (exact) mass is 256 g/mol. The molecule has 108 valence electrons. The van der Waals surface area contributed by atoms with Gasteiger partial charge in [-0.3, -0.25) is 4.90 Å². The predicted octanol–water partition coefficient (Wildman–Crippen LogP) is 2.20. The van der Waals surface area contributed by atoms with Crippen LogP contribution in [0.3, 0.4) is 0 Å². The maximum Gasteiger partial charge on any atom is 0.0499 e. The molecule has 1 heterocycles. The first-order chi connectivity index (χ1) is 8.37. The molecule has 0 aromatic rings. The van der Waals surface area contributed by atoms with Gasteiger partial charge < -0.3 is 10.0 Å². The number of aliphatic hydroxyl groups is 1. The van der Waals surface area contributed by atoms with E-state index in [2.05, 4.69) is 44.4 Å². The summed E-state index contributed by atoms with van der Waals surface area (Å²) in [7, 11) is 0. The van der Waals surface area contributed by atoms with E-state index in [4.69, 9.17) is 0 Å². The Bertz CT molecular complexity index is 227. The van der Waals surface area contributed by atoms with Crippen molar-refractivity contribution in [3.63, 3.8) is 0 Å². The lowest BCUT2D eigenvalue weighted by Gasteiger charge is -2.44. The molecule has 3 nitrogen and oxygen atoms in total. The summed E-state index contributed by atoms with van der Waals surface area (Å²) in [5.74, 6) is 0. The number of rotatable bonds is 5. The minimum atomic E-state index is 0.115. The van der Waals surface area contributed by atoms with Crippen molar-refractivity contribution in [1.29, 1.82) is 0 Å². The fraction of sp³-hybridized carbons (Fsp3) is 1.00. The average Bonchev–Trinajstić information content (AvgIpc) is 2.36. The number of aliphatic hydroxyl groups excluding tert-OH is 1. The summed E-state index contributed by atoms with van der Waals surface area (Å²) in [4.78, 5) is 5.09. The van der Waals surface area contributed by atoms with E-state index in [9.17, 15) is 5.11 Å². The van der Waals surface area contributed by atoms with Gasteiger partial charge in [0, 0.05) is 50.3 Å². The molecule has 0 radical (unpaired) electrons. The summed E-state index contributed by atoms with van der Waals surface area (Å²) in [6, 6.07) is 0. The quantitative estimate of drug-likeness (QED) is 0.817. The molecule has 0 unspecified atom stereocenters. The Morgan fingerprint density at radius 1 is 0.944 bits per heavy atom. The van der Waals surface area contributed by atoms with Gasteiger partial charge in [0.25, 0.3) is 0 Å². The second kappa shape index (κ2) is 6.36. The van der Waals surface area contributed by atoms with Crippen LogP contribution < -0.4 is 0 Å². The third-order valence-electron chi connectivity index (χ3n) is 4.72. The molecular weight excluding hydrogens is 224 g/mol. The van der Waals surface area contributed by atoms with Crippen LogP contribution in [-0.2, 0) is 0 Å². The van der Waals surface area contributed by atoms with Crippen LogP contribution in [0.2, 0.25) is 0 Å². The van der Waals surface area contributed by atoms with Crippen LogP contribution in [0.4, 0.5) is 0 Å². The SMILES string of the molecule is CCC(CC)(CO)CN1CCN(C(C)(C)C)CC1. The second-order valence-electron chi connectivity index (χ2n) is 6.80. The zero-order chi connectivity index (χ0) is 13.8. The molecule has 1 N–H and O–H groups in total. The van der Waals surface area contributed by atoms with Crippen LogP contribution in [0.15, 0.2) is 0 Å². The van der Waals surface area contributed by atoms with Crippen LogP contribution in [0.1, 0.15) is 47.5 Å². The van der Waals surface area contributed by atoms with Gasteiger partial charge in [-0.1, -0.05) is 13.8 Å². The van der Waals surface area contributed by atoms with Crippen LogP contribution in [-0.4, -0.2) is 59.8 Å². The molecule has 1 rings (SSSR count). The van der Waals surface area contributed by atoms with Crippen molar-refractivity contribution in [3.8, 4) is 0 Å². The molecule has 0 saturated carbocycles. The zero-order valence-electron chi connectivity index (χ0n) is 13.0. The van der Waals surface area contributed by atoms with Crippen LogP contribution in [0.25, 0.3) is 0 Å². The molecule has 3 heteroatoms. The third kappa shape index (κ3) is 3.94. The summed E-state index contributed by atoms with van der Waals surface area (Å²) < 4.78 is 0. The van der Waals surface area contributed by atoms with Crippen molar-refractivity contribution in [2.45, 2.75) is 53.0 Å². The molecule has 0 aromatic heterocycles. The minimum Gasteiger partial charge on any atom is -0.396 e. The van der Waals surface area contributed by atoms with E-state index in [1.54, 1.807) is 0 Å². The molecule has 0 spiro atoms. The molecule has 1 saturated heterocycles. The highest BCUT2D eigenvalue weighted by Crippen LogP contribution is 2.28. The Hall–Kier alpha value is -0.120. The fourth-order valence-electron chi connectivity index (χ4n) is 2.80. The Labute approximate surface area is 113 Å². The smallest absolute Gasteiger partial charge is 0.0499 e. The van der Waals surface area contributed by atoms with E-state index >= 15 is 0 Å². The Balaban J connectivity index is 2.48. The van der Waals surface area contributed by atoms with Crippen molar-refractivity contribution in [3.05, 3.63) is 0 Å². The zero-order valence-corrected chi connectivity index (χ0v) is 13.0. The summed E-state index contributed by atoms with van der Waals surface area (Å²) >= 11 is 0. The first-order valence-corrected chi connectivity index (χ1v) is 7.45. The van der Waals surface area contributed by atoms with Gasteiger partial charge >= 0.3 is 0 Å². The van der Waals surface area contributed by atoms with Gasteiger partial charge in [-0.05, 0) is 33.6 Å². The molecule has 0 atom stereocenters. The summed E-state index contributed by atoms with van der Waals surface area (Å²) in [5.41, 5.74) is 0.402. The lowest BCUT2D eigenvalue weighted by atomic mass is 9.82. The van der Waals surface area contributed by atoms with Crippen LogP contribution in [0, 0.1) is 5.41 Å². The molecule has 1 aliphatic heterocycles. The third-order valence-corrected chi connectivity index (χ3v) is 4.72. The predicted molar refractivity (Wildman–Crippen MR) is 77.9 cm³/mol. The van der Waals surface area contributed by atoms with E-state index in [0.29, 0.717) is 6.61 Å². The fourth-order valence-corrected chi connectivity index (χ4v) is 2.80. The van der Waals surface area contributed by atoms with E-state index in [0.717, 1.165) is 45.6 Å². The van der Waals surface area contributed by atoms with Crippen molar-refractivity contribution in [1.82, 2.24) is 9.80 Å². The van der Waals surface area contributed by atoms with Gasteiger partial charge in [0.1, 0.15) is 0 Å². The highest BCUT2D eigenvalue weighted by molar-refractivity contribution is 4.86. The topological polar surface area (TPSA) is 26.7 Å². The summed E-state index contributed by atoms with van der Waals surface area (Å²) in [5, 5.41) is 9.65. The molecule has 18 heavy (non-hydrogen) atoms. The van der Waals surface area contributed by atoms with Crippen LogP contribution in [0.5, 0.6) is 0 Å². The van der Waals surface area contributed by atoms with Gasteiger partial charge in [0.15, 0.2) is 0 Å². The van der Waals surface area contributed by atoms with E-state index in [-0.39, 0.29) is 11.0 Å². The molecule has 1 fully saturated rings. The normalized spacial score (nSPS) is 20.3. The second-order valence-corrected chi connectivity index (χ2v) is 6.80. The van der Waals surface area contributed by atoms with Gasteiger partial charge in [0.2, 0.25) is 0 Å². The van der Waals surface area contributed by atoms with Crippen molar-refractivity contribution >= 4 is 0 Å². The Morgan fingerprint density at radius 2 is 1.44 bits per heavy atom. The number of piperazine rings is 1. The lowest BCUT2D eigenvalue weighted by Crippen LogP contribution is -2.55. The van der Waals surface area contributed by atoms with Crippen LogP contribution >= 0.6 is 0 Å². The lowest BCUT2D eigenvalue weighted by molar-refractivity contribution is 0.0174. The van der Waals surface area contributed by atoms with E-state index in [1.165, 1.54) is 0 Å². The maximum absolute atomic E-state index is 9.65. The number of hydrogen-bond acceptors (Lipinski definition) is 3. The highest BCUT2D eigenvalue weighted by Gasteiger charge is 2.31. The number of hydrogen-bond donors (Lipinski definition) is 1. The standard InChI is InChI=1S/C15H32N2O/c1-6-15(7-2,13-18)12-16-8-10-17(11-9-16)14(3,4)5/h18H,6-13H2,1-5H3. The molecule has 0 aliphatic carbocycles. The van der Waals surface area contributed by atoms with Gasteiger partial charge in [-0.25, -0.2) is 0 Å². The number of nitrogens with zero attached hydrogens (tertiary/aromatic N) is 2. The highest BCUT2D eigenvalue weighted by atomic mass is 16.3. The van der Waals surface area contributed by atoms with Crippen molar-refractivity contribution in [2.75, 3.05) is 39.3 Å². The maximum atomic E-state index is 9.65. The molecule has 0 amide bonds. The summed E-state index contributed by atoms with van der Waals surface area (Å²) in [6.45, 7) is 17.2. The molecule has 0 bridgehead atoms. The van der Waals surface area contributed by atoms with Gasteiger partial charge in [-0.2, -0.15) is 0 Å². The summed E-state index contributed by atoms with van der Waals surface area (Å²) in [6.07, 6.45) is 2.14. The average molecular weight is 256 g/mol. The van der Waals surface area contributed by atoms with Gasteiger partial charge in [0.05, 0.1) is 0 Å². The van der Waals surface area contributed by atoms with E-state index < -0.39 is 0 Å². The largest absolute Gasteiger partial charge is 0.396 e. The molecular formula is C15H32N2O.